The first kappa shape index (κ1) is 17.9. The normalized spacial score (nSPS) is 11.3. The van der Waals surface area contributed by atoms with Crippen LogP contribution in [0.1, 0.15) is 0 Å². The average Bonchev–Trinajstić information content (AvgIpc) is 2.87. The zero-order valence-electron chi connectivity index (χ0n) is 12.5. The summed E-state index contributed by atoms with van der Waals surface area (Å²) in [6.45, 7) is -0.291. The fraction of sp³-hybridized carbons (Fsp3) is 0.0625. The van der Waals surface area contributed by atoms with Crippen molar-refractivity contribution in [3.8, 4) is 11.6 Å². The summed E-state index contributed by atoms with van der Waals surface area (Å²) in [5.74, 6) is -0.317. The molecule has 25 heavy (non-hydrogen) atoms. The molecule has 0 fully saturated rings. The van der Waals surface area contributed by atoms with Crippen molar-refractivity contribution in [3.63, 3.8) is 0 Å². The van der Waals surface area contributed by atoms with Gasteiger partial charge in [0.1, 0.15) is 5.75 Å². The molecular formula is C16H10Br2ClN3O3. The smallest absolute Gasteiger partial charge is 0.302 e. The number of carbonyl (C=O) groups excluding carboxylic acids is 1. The number of halogens is 3. The number of aromatic amines is 1. The molecule has 0 aliphatic carbocycles. The summed E-state index contributed by atoms with van der Waals surface area (Å²) in [5.41, 5.74) is 0.824. The Morgan fingerprint density at radius 1 is 1.28 bits per heavy atom. The number of nitrogens with one attached hydrogen (secondary N) is 1. The zero-order valence-corrected chi connectivity index (χ0v) is 16.4. The van der Waals surface area contributed by atoms with Crippen LogP contribution < -0.4 is 4.74 Å². The molecule has 2 N–H and O–H groups in total. The maximum atomic E-state index is 11.8. The van der Waals surface area contributed by atoms with E-state index in [0.717, 1.165) is 8.95 Å². The summed E-state index contributed by atoms with van der Waals surface area (Å²) >= 11 is 12.6. The van der Waals surface area contributed by atoms with E-state index in [9.17, 15) is 9.90 Å². The Hall–Kier alpha value is -1.90. The first-order chi connectivity index (χ1) is 11.9. The molecule has 0 radical (unpaired) electrons. The van der Waals surface area contributed by atoms with Crippen molar-refractivity contribution in [2.24, 2.45) is 10.2 Å². The molecule has 0 aliphatic rings. The number of nitrogens with zero attached hydrogens (tertiary/aromatic N) is 2. The Morgan fingerprint density at radius 3 is 2.84 bits per heavy atom. The first-order valence-electron chi connectivity index (χ1n) is 6.96. The van der Waals surface area contributed by atoms with Crippen LogP contribution in [0, 0.1) is 0 Å². The van der Waals surface area contributed by atoms with E-state index in [1.807, 2.05) is 6.07 Å². The maximum absolute atomic E-state index is 11.8. The topological polar surface area (TPSA) is 87.0 Å². The Balaban J connectivity index is 1.76. The summed E-state index contributed by atoms with van der Waals surface area (Å²) in [4.78, 5) is 14.6. The molecule has 1 amide bonds. The third kappa shape index (κ3) is 4.20. The largest absolute Gasteiger partial charge is 0.493 e. The fourth-order valence-electron chi connectivity index (χ4n) is 2.13. The Labute approximate surface area is 164 Å². The first-order valence-corrected chi connectivity index (χ1v) is 8.93. The third-order valence-electron chi connectivity index (χ3n) is 3.20. The second-order valence-electron chi connectivity index (χ2n) is 4.97. The number of aromatic nitrogens is 1. The number of rotatable bonds is 4. The molecule has 0 atom stereocenters. The van der Waals surface area contributed by atoms with Crippen LogP contribution in [0.15, 0.2) is 55.6 Å². The molecule has 2 aromatic carbocycles. The number of hydrogen-bond acceptors (Lipinski definition) is 4. The van der Waals surface area contributed by atoms with Gasteiger partial charge in [0.25, 0.3) is 0 Å². The van der Waals surface area contributed by atoms with E-state index < -0.39 is 5.91 Å². The molecule has 9 heteroatoms. The maximum Gasteiger partial charge on any atom is 0.302 e. The van der Waals surface area contributed by atoms with E-state index >= 15 is 0 Å². The molecule has 0 bridgehead atoms. The zero-order chi connectivity index (χ0) is 18.0. The van der Waals surface area contributed by atoms with Crippen molar-refractivity contribution < 1.29 is 14.6 Å². The summed E-state index contributed by atoms with van der Waals surface area (Å²) in [5, 5.41) is 18.6. The van der Waals surface area contributed by atoms with Gasteiger partial charge in [-0.05, 0) is 46.3 Å². The highest BCUT2D eigenvalue weighted by molar-refractivity contribution is 9.11. The van der Waals surface area contributed by atoms with Gasteiger partial charge in [0, 0.05) is 19.4 Å². The van der Waals surface area contributed by atoms with Gasteiger partial charge in [-0.15, -0.1) is 10.2 Å². The average molecular weight is 488 g/mol. The molecule has 1 aromatic heterocycles. The van der Waals surface area contributed by atoms with Crippen LogP contribution in [0.25, 0.3) is 10.9 Å². The number of azo groups is 1. The molecule has 6 nitrogen and oxygen atoms in total. The van der Waals surface area contributed by atoms with Gasteiger partial charge in [0.2, 0.25) is 5.88 Å². The number of amides is 1. The lowest BCUT2D eigenvalue weighted by atomic mass is 10.2. The lowest BCUT2D eigenvalue weighted by Crippen LogP contribution is -2.07. The second-order valence-corrected chi connectivity index (χ2v) is 7.18. The van der Waals surface area contributed by atoms with E-state index in [-0.39, 0.29) is 18.2 Å². The van der Waals surface area contributed by atoms with Crippen LogP contribution in [-0.2, 0) is 4.79 Å². The van der Waals surface area contributed by atoms with Crippen molar-refractivity contribution in [1.29, 1.82) is 0 Å². The van der Waals surface area contributed by atoms with Gasteiger partial charge < -0.3 is 14.8 Å². The SMILES string of the molecule is O=C(COc1cccc(Cl)c1)N=Nc1c(O)[nH]c2c(Br)cc(Br)cc12. The van der Waals surface area contributed by atoms with E-state index in [1.165, 1.54) is 0 Å². The summed E-state index contributed by atoms with van der Waals surface area (Å²) < 4.78 is 6.83. The standard InChI is InChI=1S/C16H10Br2ClN3O3/c17-8-4-11-14(12(18)5-8)20-16(24)15(11)22-21-13(23)7-25-10-3-1-2-9(19)6-10/h1-6,20,24H,7H2. The number of hydrogen-bond donors (Lipinski definition) is 2. The second kappa shape index (κ2) is 7.55. The van der Waals surface area contributed by atoms with E-state index in [2.05, 4.69) is 47.1 Å². The molecule has 0 saturated carbocycles. The van der Waals surface area contributed by atoms with Crippen LogP contribution in [0.5, 0.6) is 11.6 Å². The van der Waals surface area contributed by atoms with Crippen molar-refractivity contribution in [2.45, 2.75) is 0 Å². The lowest BCUT2D eigenvalue weighted by Gasteiger charge is -2.02. The van der Waals surface area contributed by atoms with Crippen molar-refractivity contribution in [3.05, 3.63) is 50.4 Å². The Bertz CT molecular complexity index is 988. The van der Waals surface area contributed by atoms with E-state index in [0.29, 0.717) is 21.7 Å². The molecule has 0 aliphatic heterocycles. The van der Waals surface area contributed by atoms with Gasteiger partial charge in [-0.1, -0.05) is 33.6 Å². The predicted octanol–water partition coefficient (Wildman–Crippen LogP) is 5.74. The molecule has 0 saturated heterocycles. The van der Waals surface area contributed by atoms with Gasteiger partial charge in [-0.2, -0.15) is 0 Å². The van der Waals surface area contributed by atoms with Crippen molar-refractivity contribution in [2.75, 3.05) is 6.61 Å². The predicted molar refractivity (Wildman–Crippen MR) is 102 cm³/mol. The minimum absolute atomic E-state index is 0.174. The molecule has 0 unspecified atom stereocenters. The molecule has 3 aromatic rings. The quantitative estimate of drug-likeness (QED) is 0.460. The molecule has 0 spiro atoms. The molecular weight excluding hydrogens is 477 g/mol. The van der Waals surface area contributed by atoms with Gasteiger partial charge in [-0.3, -0.25) is 4.79 Å². The van der Waals surface area contributed by atoms with Gasteiger partial charge >= 0.3 is 5.91 Å². The number of carbonyl (C=O) groups is 1. The van der Waals surface area contributed by atoms with Crippen molar-refractivity contribution in [1.82, 2.24) is 4.98 Å². The number of aromatic hydroxyl groups is 1. The van der Waals surface area contributed by atoms with E-state index in [4.69, 9.17) is 16.3 Å². The summed E-state index contributed by atoms with van der Waals surface area (Å²) in [6.07, 6.45) is 0. The number of benzene rings is 2. The van der Waals surface area contributed by atoms with Gasteiger partial charge in [0.05, 0.1) is 5.52 Å². The summed E-state index contributed by atoms with van der Waals surface area (Å²) in [7, 11) is 0. The van der Waals surface area contributed by atoms with Crippen LogP contribution in [-0.4, -0.2) is 22.6 Å². The van der Waals surface area contributed by atoms with Crippen LogP contribution in [0.4, 0.5) is 5.69 Å². The monoisotopic (exact) mass is 485 g/mol. The van der Waals surface area contributed by atoms with Crippen LogP contribution >= 0.6 is 43.5 Å². The highest BCUT2D eigenvalue weighted by Crippen LogP contribution is 2.40. The Kier molecular flexibility index (Phi) is 5.41. The third-order valence-corrected chi connectivity index (χ3v) is 4.52. The van der Waals surface area contributed by atoms with Crippen molar-refractivity contribution >= 4 is 66.0 Å². The van der Waals surface area contributed by atoms with Gasteiger partial charge in [-0.25, -0.2) is 0 Å². The number of ether oxygens (including phenoxy) is 1. The van der Waals surface area contributed by atoms with Crippen LogP contribution in [0.2, 0.25) is 5.02 Å². The lowest BCUT2D eigenvalue weighted by molar-refractivity contribution is -0.120. The molecule has 3 rings (SSSR count). The highest BCUT2D eigenvalue weighted by atomic mass is 79.9. The van der Waals surface area contributed by atoms with Crippen LogP contribution in [0.3, 0.4) is 0 Å². The minimum Gasteiger partial charge on any atom is -0.493 e. The number of fused-ring (bicyclic) bond motifs is 1. The summed E-state index contributed by atoms with van der Waals surface area (Å²) in [6, 6.07) is 10.3. The number of H-pyrrole nitrogens is 1. The minimum atomic E-state index is -0.595. The van der Waals surface area contributed by atoms with Gasteiger partial charge in [0.15, 0.2) is 12.3 Å². The Morgan fingerprint density at radius 2 is 2.08 bits per heavy atom. The fourth-order valence-corrected chi connectivity index (χ4v) is 3.63. The van der Waals surface area contributed by atoms with E-state index in [1.54, 1.807) is 30.3 Å². The molecule has 128 valence electrons. The molecule has 1 heterocycles. The highest BCUT2D eigenvalue weighted by Gasteiger charge is 2.14.